The van der Waals surface area contributed by atoms with Crippen LogP contribution >= 0.6 is 0 Å². The molecular weight excluding hydrogens is 186 g/mol. The second-order valence-corrected chi connectivity index (χ2v) is 4.66. The zero-order chi connectivity index (χ0) is 10.2. The number of halogens is 2. The van der Waals surface area contributed by atoms with Gasteiger partial charge in [0, 0.05) is 32.0 Å². The minimum absolute atomic E-state index is 0.0841. The normalized spacial score (nSPS) is 33.2. The van der Waals surface area contributed by atoms with Gasteiger partial charge in [-0.15, -0.1) is 0 Å². The SMILES string of the molecule is NCC1CCCN1CC1CC(F)(F)C1. The summed E-state index contributed by atoms with van der Waals surface area (Å²) >= 11 is 0. The lowest BCUT2D eigenvalue weighted by atomic mass is 9.81. The van der Waals surface area contributed by atoms with Gasteiger partial charge in [-0.2, -0.15) is 0 Å². The third kappa shape index (κ3) is 2.06. The van der Waals surface area contributed by atoms with Crippen LogP contribution in [0.15, 0.2) is 0 Å². The highest BCUT2D eigenvalue weighted by Gasteiger charge is 2.46. The summed E-state index contributed by atoms with van der Waals surface area (Å²) in [7, 11) is 0. The number of rotatable bonds is 3. The van der Waals surface area contributed by atoms with Crippen LogP contribution in [0, 0.1) is 5.92 Å². The van der Waals surface area contributed by atoms with Gasteiger partial charge in [-0.05, 0) is 25.3 Å². The molecule has 2 aliphatic rings. The molecule has 1 atom stereocenters. The quantitative estimate of drug-likeness (QED) is 0.754. The topological polar surface area (TPSA) is 29.3 Å². The summed E-state index contributed by atoms with van der Waals surface area (Å²) in [6.45, 7) is 2.55. The molecule has 1 unspecified atom stereocenters. The van der Waals surface area contributed by atoms with Gasteiger partial charge in [0.15, 0.2) is 0 Å². The third-order valence-electron chi connectivity index (χ3n) is 3.44. The number of alkyl halides is 2. The third-order valence-corrected chi connectivity index (χ3v) is 3.44. The highest BCUT2D eigenvalue weighted by Crippen LogP contribution is 2.43. The van der Waals surface area contributed by atoms with E-state index in [4.69, 9.17) is 5.73 Å². The van der Waals surface area contributed by atoms with Gasteiger partial charge in [-0.1, -0.05) is 0 Å². The molecule has 2 rings (SSSR count). The van der Waals surface area contributed by atoms with Crippen LogP contribution in [0.5, 0.6) is 0 Å². The zero-order valence-electron chi connectivity index (χ0n) is 8.38. The number of nitrogens with two attached hydrogens (primary N) is 1. The predicted octanol–water partition coefficient (Wildman–Crippen LogP) is 1.45. The molecule has 0 aromatic rings. The molecule has 0 spiro atoms. The molecule has 1 aliphatic heterocycles. The summed E-state index contributed by atoms with van der Waals surface area (Å²) in [4.78, 5) is 2.29. The highest BCUT2D eigenvalue weighted by atomic mass is 19.3. The average Bonchev–Trinajstić information content (AvgIpc) is 2.48. The van der Waals surface area contributed by atoms with E-state index in [9.17, 15) is 8.78 Å². The van der Waals surface area contributed by atoms with Crippen molar-refractivity contribution in [2.24, 2.45) is 11.7 Å². The van der Waals surface area contributed by atoms with E-state index < -0.39 is 5.92 Å². The lowest BCUT2D eigenvalue weighted by Gasteiger charge is -2.38. The van der Waals surface area contributed by atoms with Crippen LogP contribution in [0.25, 0.3) is 0 Å². The van der Waals surface area contributed by atoms with E-state index in [1.54, 1.807) is 0 Å². The summed E-state index contributed by atoms with van der Waals surface area (Å²) in [6, 6.07) is 0.448. The summed E-state index contributed by atoms with van der Waals surface area (Å²) < 4.78 is 25.2. The Kier molecular flexibility index (Phi) is 2.75. The standard InChI is InChI=1S/C10H18F2N2/c11-10(12)4-8(5-10)7-14-3-1-2-9(14)6-13/h8-9H,1-7,13H2. The van der Waals surface area contributed by atoms with Crippen molar-refractivity contribution in [3.63, 3.8) is 0 Å². The fourth-order valence-electron chi connectivity index (χ4n) is 2.65. The largest absolute Gasteiger partial charge is 0.329 e. The van der Waals surface area contributed by atoms with Gasteiger partial charge < -0.3 is 5.73 Å². The number of likely N-dealkylation sites (tertiary alicyclic amines) is 1. The van der Waals surface area contributed by atoms with Gasteiger partial charge >= 0.3 is 0 Å². The molecule has 4 heteroatoms. The van der Waals surface area contributed by atoms with E-state index in [1.165, 1.54) is 6.42 Å². The van der Waals surface area contributed by atoms with Crippen molar-refractivity contribution in [3.05, 3.63) is 0 Å². The van der Waals surface area contributed by atoms with E-state index in [2.05, 4.69) is 4.90 Å². The maximum absolute atomic E-state index is 12.6. The van der Waals surface area contributed by atoms with E-state index in [-0.39, 0.29) is 18.8 Å². The van der Waals surface area contributed by atoms with Crippen LogP contribution in [0.2, 0.25) is 0 Å². The first-order chi connectivity index (χ1) is 6.61. The molecule has 1 heterocycles. The van der Waals surface area contributed by atoms with Gasteiger partial charge in [0.05, 0.1) is 0 Å². The van der Waals surface area contributed by atoms with Crippen LogP contribution in [-0.2, 0) is 0 Å². The Balaban J connectivity index is 1.76. The minimum atomic E-state index is -2.37. The molecule has 2 nitrogen and oxygen atoms in total. The van der Waals surface area contributed by atoms with Crippen LogP contribution in [0.3, 0.4) is 0 Å². The van der Waals surface area contributed by atoms with Crippen molar-refractivity contribution in [3.8, 4) is 0 Å². The highest BCUT2D eigenvalue weighted by molar-refractivity contribution is 4.90. The summed E-state index contributed by atoms with van der Waals surface area (Å²) in [5.74, 6) is -2.17. The Morgan fingerprint density at radius 3 is 2.64 bits per heavy atom. The molecule has 1 aliphatic carbocycles. The zero-order valence-corrected chi connectivity index (χ0v) is 8.38. The van der Waals surface area contributed by atoms with E-state index in [0.29, 0.717) is 12.6 Å². The lowest BCUT2D eigenvalue weighted by Crippen LogP contribution is -2.45. The van der Waals surface area contributed by atoms with Crippen molar-refractivity contribution in [2.75, 3.05) is 19.6 Å². The monoisotopic (exact) mass is 204 g/mol. The van der Waals surface area contributed by atoms with Gasteiger partial charge in [0.25, 0.3) is 0 Å². The summed E-state index contributed by atoms with van der Waals surface area (Å²) in [6.07, 6.45) is 2.48. The first kappa shape index (κ1) is 10.3. The second-order valence-electron chi connectivity index (χ2n) is 4.66. The Labute approximate surface area is 83.4 Å². The fourth-order valence-corrected chi connectivity index (χ4v) is 2.65. The van der Waals surface area contributed by atoms with Crippen LogP contribution < -0.4 is 5.73 Å². The van der Waals surface area contributed by atoms with Crippen molar-refractivity contribution < 1.29 is 8.78 Å². The van der Waals surface area contributed by atoms with Crippen LogP contribution in [0.4, 0.5) is 8.78 Å². The van der Waals surface area contributed by atoms with Crippen molar-refractivity contribution in [2.45, 2.75) is 37.6 Å². The van der Waals surface area contributed by atoms with Gasteiger partial charge in [0.1, 0.15) is 0 Å². The molecule has 14 heavy (non-hydrogen) atoms. The van der Waals surface area contributed by atoms with Gasteiger partial charge in [-0.25, -0.2) is 8.78 Å². The molecule has 0 amide bonds. The first-order valence-electron chi connectivity index (χ1n) is 5.43. The molecule has 0 aromatic heterocycles. The molecular formula is C10H18F2N2. The molecule has 82 valence electrons. The maximum Gasteiger partial charge on any atom is 0.248 e. The van der Waals surface area contributed by atoms with Crippen molar-refractivity contribution in [1.82, 2.24) is 4.90 Å². The maximum atomic E-state index is 12.6. The minimum Gasteiger partial charge on any atom is -0.329 e. The van der Waals surface area contributed by atoms with E-state index in [1.807, 2.05) is 0 Å². The Morgan fingerprint density at radius 2 is 2.07 bits per heavy atom. The molecule has 0 radical (unpaired) electrons. The van der Waals surface area contributed by atoms with Gasteiger partial charge in [-0.3, -0.25) is 4.90 Å². The fraction of sp³-hybridized carbons (Fsp3) is 1.00. The number of hydrogen-bond acceptors (Lipinski definition) is 2. The molecule has 2 N–H and O–H groups in total. The first-order valence-corrected chi connectivity index (χ1v) is 5.43. The van der Waals surface area contributed by atoms with Crippen LogP contribution in [-0.4, -0.2) is 36.5 Å². The molecule has 2 fully saturated rings. The Morgan fingerprint density at radius 1 is 1.36 bits per heavy atom. The number of nitrogens with zero attached hydrogens (tertiary/aromatic N) is 1. The molecule has 0 aromatic carbocycles. The second kappa shape index (κ2) is 3.74. The average molecular weight is 204 g/mol. The Hall–Kier alpha value is -0.220. The molecule has 1 saturated carbocycles. The molecule has 1 saturated heterocycles. The van der Waals surface area contributed by atoms with Gasteiger partial charge in [0.2, 0.25) is 5.92 Å². The van der Waals surface area contributed by atoms with E-state index in [0.717, 1.165) is 19.5 Å². The Bertz CT molecular complexity index is 200. The summed E-state index contributed by atoms with van der Waals surface area (Å²) in [5.41, 5.74) is 5.62. The lowest BCUT2D eigenvalue weighted by molar-refractivity contribution is -0.116. The smallest absolute Gasteiger partial charge is 0.248 e. The van der Waals surface area contributed by atoms with Crippen LogP contribution in [0.1, 0.15) is 25.7 Å². The van der Waals surface area contributed by atoms with Crippen molar-refractivity contribution >= 4 is 0 Å². The number of hydrogen-bond donors (Lipinski definition) is 1. The molecule has 0 bridgehead atoms. The predicted molar refractivity (Wildman–Crippen MR) is 51.3 cm³/mol. The van der Waals surface area contributed by atoms with E-state index >= 15 is 0 Å². The summed E-state index contributed by atoms with van der Waals surface area (Å²) in [5, 5.41) is 0. The van der Waals surface area contributed by atoms with Crippen molar-refractivity contribution in [1.29, 1.82) is 0 Å².